The number of hydrogen-bond acceptors (Lipinski definition) is 3. The van der Waals surface area contributed by atoms with Crippen LogP contribution < -0.4 is 15.4 Å². The van der Waals surface area contributed by atoms with E-state index in [0.29, 0.717) is 18.3 Å². The quantitative estimate of drug-likeness (QED) is 0.360. The van der Waals surface area contributed by atoms with Crippen LogP contribution in [0.15, 0.2) is 83.8 Å². The molecule has 0 bridgehead atoms. The summed E-state index contributed by atoms with van der Waals surface area (Å²) >= 11 is 7.26. The maximum Gasteiger partial charge on any atom is 0.171 e. The van der Waals surface area contributed by atoms with E-state index in [4.69, 9.17) is 17.0 Å². The van der Waals surface area contributed by atoms with Crippen LogP contribution in [0.25, 0.3) is 0 Å². The topological polar surface area (TPSA) is 33.3 Å². The molecule has 0 fully saturated rings. The van der Waals surface area contributed by atoms with Crippen molar-refractivity contribution in [3.8, 4) is 5.75 Å². The van der Waals surface area contributed by atoms with Crippen molar-refractivity contribution in [1.82, 2.24) is 5.32 Å². The number of thioether (sulfide) groups is 1. The number of benzene rings is 3. The zero-order chi connectivity index (χ0) is 19.6. The molecule has 5 heteroatoms. The van der Waals surface area contributed by atoms with E-state index in [1.54, 1.807) is 0 Å². The molecule has 0 radical (unpaired) electrons. The van der Waals surface area contributed by atoms with Crippen LogP contribution in [-0.2, 0) is 12.3 Å². The van der Waals surface area contributed by atoms with Crippen LogP contribution >= 0.6 is 24.0 Å². The second-order valence-corrected chi connectivity index (χ2v) is 7.60. The third kappa shape index (κ3) is 6.29. The Morgan fingerprint density at radius 1 is 0.929 bits per heavy atom. The van der Waals surface area contributed by atoms with Gasteiger partial charge in [-0.3, -0.25) is 0 Å². The minimum atomic E-state index is 0.595. The lowest BCUT2D eigenvalue weighted by molar-refractivity contribution is 0.336. The van der Waals surface area contributed by atoms with E-state index in [1.165, 1.54) is 10.5 Å². The SMILES string of the molecule is CCOc1ccccc1CNC(=S)Nc1ccc(CSc2ccccc2)cc1. The smallest absolute Gasteiger partial charge is 0.171 e. The van der Waals surface area contributed by atoms with Gasteiger partial charge in [0.1, 0.15) is 5.75 Å². The molecule has 3 aromatic carbocycles. The lowest BCUT2D eigenvalue weighted by Gasteiger charge is -2.13. The minimum Gasteiger partial charge on any atom is -0.494 e. The molecular formula is C23H24N2OS2. The molecule has 0 saturated carbocycles. The molecule has 28 heavy (non-hydrogen) atoms. The van der Waals surface area contributed by atoms with Crippen molar-refractivity contribution in [1.29, 1.82) is 0 Å². The van der Waals surface area contributed by atoms with Gasteiger partial charge in [0.05, 0.1) is 6.61 Å². The number of ether oxygens (including phenoxy) is 1. The van der Waals surface area contributed by atoms with Crippen LogP contribution in [0.2, 0.25) is 0 Å². The summed E-state index contributed by atoms with van der Waals surface area (Å²) in [5, 5.41) is 7.08. The van der Waals surface area contributed by atoms with Gasteiger partial charge in [0.15, 0.2) is 5.11 Å². The van der Waals surface area contributed by atoms with Crippen molar-refractivity contribution in [2.45, 2.75) is 24.1 Å². The lowest BCUT2D eigenvalue weighted by atomic mass is 10.2. The summed E-state index contributed by atoms with van der Waals surface area (Å²) in [4.78, 5) is 1.28. The molecule has 3 nitrogen and oxygen atoms in total. The average Bonchev–Trinajstić information content (AvgIpc) is 2.74. The molecule has 144 valence electrons. The first-order valence-electron chi connectivity index (χ1n) is 9.27. The van der Waals surface area contributed by atoms with E-state index in [9.17, 15) is 0 Å². The minimum absolute atomic E-state index is 0.595. The maximum absolute atomic E-state index is 5.65. The molecule has 2 N–H and O–H groups in total. The number of para-hydroxylation sites is 1. The summed E-state index contributed by atoms with van der Waals surface area (Å²) in [6.07, 6.45) is 0. The first kappa shape index (κ1) is 20.2. The van der Waals surface area contributed by atoms with Gasteiger partial charge in [-0.15, -0.1) is 11.8 Å². The fourth-order valence-electron chi connectivity index (χ4n) is 2.66. The molecule has 0 spiro atoms. The molecule has 0 heterocycles. The van der Waals surface area contributed by atoms with Gasteiger partial charge in [0.25, 0.3) is 0 Å². The Bertz CT molecular complexity index is 883. The van der Waals surface area contributed by atoms with Gasteiger partial charge >= 0.3 is 0 Å². The summed E-state index contributed by atoms with van der Waals surface area (Å²) < 4.78 is 5.65. The third-order valence-corrected chi connectivity index (χ3v) is 5.40. The predicted molar refractivity (Wildman–Crippen MR) is 123 cm³/mol. The summed E-state index contributed by atoms with van der Waals surface area (Å²) in [5.41, 5.74) is 3.34. The van der Waals surface area contributed by atoms with E-state index in [1.807, 2.05) is 49.0 Å². The Morgan fingerprint density at radius 3 is 2.39 bits per heavy atom. The van der Waals surface area contributed by atoms with Crippen molar-refractivity contribution < 1.29 is 4.74 Å². The molecule has 0 amide bonds. The van der Waals surface area contributed by atoms with Crippen molar-refractivity contribution in [2.24, 2.45) is 0 Å². The van der Waals surface area contributed by atoms with Crippen LogP contribution in [0, 0.1) is 0 Å². The Kier molecular flexibility index (Phi) is 7.76. The highest BCUT2D eigenvalue weighted by atomic mass is 32.2. The fourth-order valence-corrected chi connectivity index (χ4v) is 3.73. The zero-order valence-corrected chi connectivity index (χ0v) is 17.5. The van der Waals surface area contributed by atoms with E-state index >= 15 is 0 Å². The summed E-state index contributed by atoms with van der Waals surface area (Å²) in [6.45, 7) is 3.25. The summed E-state index contributed by atoms with van der Waals surface area (Å²) in [6, 6.07) is 26.8. The highest BCUT2D eigenvalue weighted by Crippen LogP contribution is 2.23. The standard InChI is InChI=1S/C23H24N2OS2/c1-2-26-22-11-7-6-8-19(22)16-24-23(27)25-20-14-12-18(13-15-20)17-28-21-9-4-3-5-10-21/h3-15H,2,16-17H2,1H3,(H2,24,25,27). The third-order valence-electron chi connectivity index (χ3n) is 4.07. The second kappa shape index (κ2) is 10.7. The second-order valence-electron chi connectivity index (χ2n) is 6.15. The number of anilines is 1. The Hall–Kier alpha value is -2.50. The average molecular weight is 409 g/mol. The number of hydrogen-bond donors (Lipinski definition) is 2. The van der Waals surface area contributed by atoms with Crippen LogP contribution in [-0.4, -0.2) is 11.7 Å². The highest BCUT2D eigenvalue weighted by Gasteiger charge is 2.04. The molecule has 0 aliphatic heterocycles. The van der Waals surface area contributed by atoms with Gasteiger partial charge in [-0.25, -0.2) is 0 Å². The van der Waals surface area contributed by atoms with Crippen molar-refractivity contribution in [3.05, 3.63) is 90.0 Å². The molecule has 3 aromatic rings. The monoisotopic (exact) mass is 408 g/mol. The van der Waals surface area contributed by atoms with Crippen LogP contribution in [0.3, 0.4) is 0 Å². The van der Waals surface area contributed by atoms with Crippen LogP contribution in [0.1, 0.15) is 18.1 Å². The molecule has 0 aliphatic rings. The van der Waals surface area contributed by atoms with Gasteiger partial charge in [-0.05, 0) is 55.0 Å². The summed E-state index contributed by atoms with van der Waals surface area (Å²) in [5.74, 6) is 1.84. The number of nitrogens with one attached hydrogen (secondary N) is 2. The van der Waals surface area contributed by atoms with E-state index < -0.39 is 0 Å². The Morgan fingerprint density at radius 2 is 1.64 bits per heavy atom. The molecule has 0 atom stereocenters. The molecular weight excluding hydrogens is 384 g/mol. The maximum atomic E-state index is 5.65. The van der Waals surface area contributed by atoms with E-state index in [2.05, 4.69) is 59.2 Å². The Labute approximate surface area is 176 Å². The van der Waals surface area contributed by atoms with E-state index in [-0.39, 0.29) is 0 Å². The normalized spacial score (nSPS) is 10.3. The van der Waals surface area contributed by atoms with Gasteiger partial charge < -0.3 is 15.4 Å². The number of rotatable bonds is 8. The van der Waals surface area contributed by atoms with E-state index in [0.717, 1.165) is 22.8 Å². The van der Waals surface area contributed by atoms with Gasteiger partial charge in [-0.1, -0.05) is 48.5 Å². The van der Waals surface area contributed by atoms with Crippen molar-refractivity contribution in [2.75, 3.05) is 11.9 Å². The largest absolute Gasteiger partial charge is 0.494 e. The highest BCUT2D eigenvalue weighted by molar-refractivity contribution is 7.98. The molecule has 0 aliphatic carbocycles. The lowest BCUT2D eigenvalue weighted by Crippen LogP contribution is -2.28. The number of thiocarbonyl (C=S) groups is 1. The van der Waals surface area contributed by atoms with Crippen molar-refractivity contribution >= 4 is 34.8 Å². The first-order valence-corrected chi connectivity index (χ1v) is 10.7. The van der Waals surface area contributed by atoms with Gasteiger partial charge in [0, 0.05) is 28.4 Å². The molecule has 0 aromatic heterocycles. The first-order chi connectivity index (χ1) is 13.7. The van der Waals surface area contributed by atoms with Gasteiger partial charge in [0.2, 0.25) is 0 Å². The van der Waals surface area contributed by atoms with Crippen molar-refractivity contribution in [3.63, 3.8) is 0 Å². The van der Waals surface area contributed by atoms with Crippen LogP contribution in [0.5, 0.6) is 5.75 Å². The fraction of sp³-hybridized carbons (Fsp3) is 0.174. The predicted octanol–water partition coefficient (Wildman–Crippen LogP) is 5.86. The summed E-state index contributed by atoms with van der Waals surface area (Å²) in [7, 11) is 0. The Balaban J connectivity index is 1.48. The van der Waals surface area contributed by atoms with Gasteiger partial charge in [-0.2, -0.15) is 0 Å². The zero-order valence-electron chi connectivity index (χ0n) is 15.9. The molecule has 0 unspecified atom stereocenters. The molecule has 3 rings (SSSR count). The molecule has 0 saturated heterocycles. The van der Waals surface area contributed by atoms with Crippen LogP contribution in [0.4, 0.5) is 5.69 Å².